The van der Waals surface area contributed by atoms with Crippen LogP contribution in [-0.2, 0) is 6.18 Å². The highest BCUT2D eigenvalue weighted by atomic mass is 19.4. The number of allylic oxidation sites excluding steroid dienone is 4. The zero-order valence-electron chi connectivity index (χ0n) is 19.0. The van der Waals surface area contributed by atoms with Crippen LogP contribution in [-0.4, -0.2) is 38.6 Å². The van der Waals surface area contributed by atoms with Crippen molar-refractivity contribution in [1.29, 1.82) is 0 Å². The molecule has 8 nitrogen and oxygen atoms in total. The molecule has 11 heteroatoms. The van der Waals surface area contributed by atoms with E-state index < -0.39 is 17.6 Å². The van der Waals surface area contributed by atoms with Gasteiger partial charge in [0.15, 0.2) is 5.82 Å². The average Bonchev–Trinajstić information content (AvgIpc) is 3.46. The molecule has 4 rings (SSSR count). The molecular formula is C24H23F3N6O2. The molecule has 0 bridgehead atoms. The number of pyridine rings is 1. The Morgan fingerprint density at radius 3 is 2.77 bits per heavy atom. The molecule has 1 amide bonds. The Hall–Kier alpha value is -4.15. The Morgan fingerprint density at radius 2 is 2.09 bits per heavy atom. The Morgan fingerprint density at radius 1 is 1.31 bits per heavy atom. The second kappa shape index (κ2) is 9.24. The van der Waals surface area contributed by atoms with Crippen LogP contribution in [0.3, 0.4) is 0 Å². The molecule has 1 aliphatic carbocycles. The fourth-order valence-corrected chi connectivity index (χ4v) is 3.83. The van der Waals surface area contributed by atoms with Gasteiger partial charge < -0.3 is 15.8 Å². The molecule has 0 radical (unpaired) electrons. The van der Waals surface area contributed by atoms with Crippen molar-refractivity contribution >= 4 is 17.2 Å². The van der Waals surface area contributed by atoms with Crippen LogP contribution in [0.2, 0.25) is 0 Å². The number of carbonyl (C=O) groups is 1. The summed E-state index contributed by atoms with van der Waals surface area (Å²) in [5, 5.41) is 6.85. The number of amides is 1. The number of aromatic nitrogens is 4. The maximum absolute atomic E-state index is 13.7. The summed E-state index contributed by atoms with van der Waals surface area (Å²) in [5.74, 6) is -0.631. The maximum Gasteiger partial charge on any atom is 0.418 e. The molecule has 3 N–H and O–H groups in total. The first kappa shape index (κ1) is 24.0. The van der Waals surface area contributed by atoms with Gasteiger partial charge in [-0.05, 0) is 31.1 Å². The number of nitrogen functional groups attached to an aromatic ring is 1. The van der Waals surface area contributed by atoms with Gasteiger partial charge in [-0.2, -0.15) is 18.3 Å². The minimum atomic E-state index is -4.69. The van der Waals surface area contributed by atoms with Gasteiger partial charge in [-0.1, -0.05) is 30.9 Å². The highest BCUT2D eigenvalue weighted by molar-refractivity contribution is 5.98. The minimum absolute atomic E-state index is 0.0429. The number of hydrogen-bond acceptors (Lipinski definition) is 6. The molecule has 1 aliphatic rings. The van der Waals surface area contributed by atoms with Crippen LogP contribution in [0.5, 0.6) is 5.88 Å². The fraction of sp³-hybridized carbons (Fsp3) is 0.250. The largest absolute Gasteiger partial charge is 0.480 e. The SMILES string of the molecule is C=C(/C=C\C=C/C)[C@H]1C[C@@H]1NC(=O)c1cc(-c2cc(C(F)(F)F)c3c(N)ncnn23)cnc1OC. The van der Waals surface area contributed by atoms with Crippen LogP contribution >= 0.6 is 0 Å². The molecule has 3 aromatic rings. The summed E-state index contributed by atoms with van der Waals surface area (Å²) in [6.45, 7) is 5.95. The number of fused-ring (bicyclic) bond motifs is 1. The minimum Gasteiger partial charge on any atom is -0.480 e. The van der Waals surface area contributed by atoms with Gasteiger partial charge in [0.1, 0.15) is 17.4 Å². The standard InChI is InChI=1S/C24H23F3N6O2/c1-4-5-6-7-13(2)15-9-18(15)32-22(34)16-8-14(11-29-23(16)35-3)19-10-17(24(25,26)27)20-21(28)30-12-31-33(19)20/h4-8,10-12,15,18H,2,9H2,1,3H3,(H,32,34)(H2,28,30,31)/b5-4-,7-6-/t15-,18+/m1/s1. The molecule has 0 aromatic carbocycles. The first-order chi connectivity index (χ1) is 16.7. The summed E-state index contributed by atoms with van der Waals surface area (Å²) in [5.41, 5.74) is 5.61. The highest BCUT2D eigenvalue weighted by Crippen LogP contribution is 2.40. The number of alkyl halides is 3. The summed E-state index contributed by atoms with van der Waals surface area (Å²) in [6, 6.07) is 2.21. The molecule has 0 aliphatic heterocycles. The van der Waals surface area contributed by atoms with Crippen LogP contribution in [0, 0.1) is 5.92 Å². The van der Waals surface area contributed by atoms with Crippen LogP contribution in [0.1, 0.15) is 29.3 Å². The van der Waals surface area contributed by atoms with E-state index in [4.69, 9.17) is 10.5 Å². The van der Waals surface area contributed by atoms with Crippen molar-refractivity contribution in [2.24, 2.45) is 5.92 Å². The Bertz CT molecular complexity index is 1360. The molecule has 1 saturated carbocycles. The third-order valence-electron chi connectivity index (χ3n) is 5.67. The van der Waals surface area contributed by atoms with Crippen molar-refractivity contribution in [3.63, 3.8) is 0 Å². The lowest BCUT2D eigenvalue weighted by Crippen LogP contribution is -2.27. The third kappa shape index (κ3) is 4.75. The Kier molecular flexibility index (Phi) is 6.33. The van der Waals surface area contributed by atoms with Gasteiger partial charge in [-0.3, -0.25) is 4.79 Å². The van der Waals surface area contributed by atoms with Crippen molar-refractivity contribution in [3.05, 3.63) is 72.2 Å². The Labute approximate surface area is 199 Å². The third-order valence-corrected chi connectivity index (χ3v) is 5.67. The number of hydrogen-bond donors (Lipinski definition) is 2. The number of nitrogens with two attached hydrogens (primary N) is 1. The van der Waals surface area contributed by atoms with E-state index in [9.17, 15) is 18.0 Å². The van der Waals surface area contributed by atoms with Crippen molar-refractivity contribution in [3.8, 4) is 17.1 Å². The maximum atomic E-state index is 13.7. The number of ether oxygens (including phenoxy) is 1. The summed E-state index contributed by atoms with van der Waals surface area (Å²) in [4.78, 5) is 20.9. The van der Waals surface area contributed by atoms with Gasteiger partial charge in [-0.25, -0.2) is 14.5 Å². The Balaban J connectivity index is 1.66. The van der Waals surface area contributed by atoms with Crippen molar-refractivity contribution < 1.29 is 22.7 Å². The van der Waals surface area contributed by atoms with Gasteiger partial charge >= 0.3 is 6.18 Å². The van der Waals surface area contributed by atoms with E-state index in [-0.39, 0.29) is 46.0 Å². The van der Waals surface area contributed by atoms with E-state index in [0.29, 0.717) is 0 Å². The number of rotatable bonds is 7. The lowest BCUT2D eigenvalue weighted by atomic mass is 10.1. The molecule has 0 unspecified atom stereocenters. The first-order valence-electron chi connectivity index (χ1n) is 10.7. The number of carbonyl (C=O) groups excluding carboxylic acids is 1. The van der Waals surface area contributed by atoms with Gasteiger partial charge in [0, 0.05) is 23.7 Å². The summed E-state index contributed by atoms with van der Waals surface area (Å²) in [7, 11) is 1.36. The van der Waals surface area contributed by atoms with E-state index in [1.807, 2.05) is 31.2 Å². The van der Waals surface area contributed by atoms with Crippen LogP contribution < -0.4 is 15.8 Å². The van der Waals surface area contributed by atoms with Crippen LogP contribution in [0.25, 0.3) is 16.8 Å². The van der Waals surface area contributed by atoms with Gasteiger partial charge in [0.2, 0.25) is 5.88 Å². The van der Waals surface area contributed by atoms with E-state index in [2.05, 4.69) is 27.0 Å². The van der Waals surface area contributed by atoms with Crippen LogP contribution in [0.15, 0.2) is 61.1 Å². The molecule has 1 fully saturated rings. The summed E-state index contributed by atoms with van der Waals surface area (Å²) >= 11 is 0. The van der Waals surface area contributed by atoms with E-state index in [1.54, 1.807) is 0 Å². The molecule has 0 spiro atoms. The van der Waals surface area contributed by atoms with Gasteiger partial charge in [0.25, 0.3) is 5.91 Å². The lowest BCUT2D eigenvalue weighted by molar-refractivity contribution is -0.136. The molecule has 2 atom stereocenters. The summed E-state index contributed by atoms with van der Waals surface area (Å²) < 4.78 is 47.3. The van der Waals surface area contributed by atoms with Crippen molar-refractivity contribution in [1.82, 2.24) is 24.9 Å². The zero-order chi connectivity index (χ0) is 25.3. The molecule has 3 heterocycles. The second-order valence-electron chi connectivity index (χ2n) is 8.01. The van der Waals surface area contributed by atoms with E-state index in [0.717, 1.165) is 28.9 Å². The zero-order valence-corrected chi connectivity index (χ0v) is 19.0. The van der Waals surface area contributed by atoms with E-state index in [1.165, 1.54) is 19.4 Å². The predicted molar refractivity (Wildman–Crippen MR) is 125 cm³/mol. The average molecular weight is 484 g/mol. The lowest BCUT2D eigenvalue weighted by Gasteiger charge is -2.11. The molecular weight excluding hydrogens is 461 g/mol. The summed E-state index contributed by atoms with van der Waals surface area (Å²) in [6.07, 6.45) is 5.96. The highest BCUT2D eigenvalue weighted by Gasteiger charge is 2.40. The second-order valence-corrected chi connectivity index (χ2v) is 8.01. The van der Waals surface area contributed by atoms with Gasteiger partial charge in [0.05, 0.1) is 18.4 Å². The smallest absolute Gasteiger partial charge is 0.418 e. The fourth-order valence-electron chi connectivity index (χ4n) is 3.83. The molecule has 0 saturated heterocycles. The quantitative estimate of drug-likeness (QED) is 0.487. The number of anilines is 1. The number of nitrogens with one attached hydrogen (secondary N) is 1. The van der Waals surface area contributed by atoms with Gasteiger partial charge in [-0.15, -0.1) is 0 Å². The van der Waals surface area contributed by atoms with Crippen molar-refractivity contribution in [2.45, 2.75) is 25.6 Å². The topological polar surface area (TPSA) is 107 Å². The molecule has 35 heavy (non-hydrogen) atoms. The number of nitrogens with zero attached hydrogens (tertiary/aromatic N) is 4. The number of methoxy groups -OCH3 is 1. The molecule has 3 aromatic heterocycles. The van der Waals surface area contributed by atoms with Crippen molar-refractivity contribution in [2.75, 3.05) is 12.8 Å². The molecule has 182 valence electrons. The number of halogens is 3. The van der Waals surface area contributed by atoms with Crippen LogP contribution in [0.4, 0.5) is 19.0 Å². The van der Waals surface area contributed by atoms with E-state index >= 15 is 0 Å². The normalized spacial score (nSPS) is 17.9. The monoisotopic (exact) mass is 484 g/mol. The predicted octanol–water partition coefficient (Wildman–Crippen LogP) is 4.21. The first-order valence-corrected chi connectivity index (χ1v) is 10.7.